The van der Waals surface area contributed by atoms with Crippen LogP contribution in [0.4, 0.5) is 0 Å². The van der Waals surface area contributed by atoms with Crippen molar-refractivity contribution in [3.8, 4) is 0 Å². The van der Waals surface area contributed by atoms with Crippen molar-refractivity contribution in [2.75, 3.05) is 0 Å². The molecular weight excluding hydrogens is 198 g/mol. The summed E-state index contributed by atoms with van der Waals surface area (Å²) in [5.74, 6) is 0. The monoisotopic (exact) mass is 219 g/mol. The van der Waals surface area contributed by atoms with Crippen molar-refractivity contribution >= 4 is 0 Å². The molecule has 0 saturated heterocycles. The van der Waals surface area contributed by atoms with Gasteiger partial charge in [-0.3, -0.25) is 4.98 Å². The number of pyridine rings is 1. The first-order valence-electron chi connectivity index (χ1n) is 6.26. The molecule has 1 aliphatic carbocycles. The second kappa shape index (κ2) is 5.97. The molecule has 1 fully saturated rings. The average molecular weight is 219 g/mol. The van der Waals surface area contributed by atoms with Gasteiger partial charge >= 0.3 is 0 Å². The number of hydrogen-bond donors (Lipinski definition) is 2. The molecule has 2 rings (SSSR count). The first-order chi connectivity index (χ1) is 7.88. The molecule has 1 saturated carbocycles. The van der Waals surface area contributed by atoms with E-state index in [0.29, 0.717) is 12.6 Å². The zero-order valence-corrected chi connectivity index (χ0v) is 9.78. The van der Waals surface area contributed by atoms with Crippen LogP contribution < -0.4 is 11.1 Å². The Labute approximate surface area is 97.5 Å². The molecule has 1 heterocycles. The van der Waals surface area contributed by atoms with Crippen LogP contribution in [0.1, 0.15) is 43.4 Å². The molecule has 0 unspecified atom stereocenters. The summed E-state index contributed by atoms with van der Waals surface area (Å²) in [7, 11) is 0. The molecule has 3 N–H and O–H groups in total. The maximum atomic E-state index is 5.57. The van der Waals surface area contributed by atoms with E-state index in [4.69, 9.17) is 5.73 Å². The van der Waals surface area contributed by atoms with Crippen molar-refractivity contribution in [2.24, 2.45) is 5.73 Å². The standard InChI is InChI=1S/C13H21N3/c14-9-13-8-11(6-7-15-13)10-16-12-4-2-1-3-5-12/h6-8,12,16H,1-5,9-10,14H2. The summed E-state index contributed by atoms with van der Waals surface area (Å²) in [5.41, 5.74) is 7.84. The van der Waals surface area contributed by atoms with Gasteiger partial charge in [0.25, 0.3) is 0 Å². The SMILES string of the molecule is NCc1cc(CNC2CCCCC2)ccn1. The summed E-state index contributed by atoms with van der Waals surface area (Å²) in [6.07, 6.45) is 8.67. The Balaban J connectivity index is 1.83. The highest BCUT2D eigenvalue weighted by atomic mass is 14.9. The summed E-state index contributed by atoms with van der Waals surface area (Å²) in [6, 6.07) is 4.87. The minimum atomic E-state index is 0.525. The van der Waals surface area contributed by atoms with Gasteiger partial charge in [-0.1, -0.05) is 19.3 Å². The van der Waals surface area contributed by atoms with E-state index in [-0.39, 0.29) is 0 Å². The molecule has 0 amide bonds. The number of nitrogens with two attached hydrogens (primary N) is 1. The number of nitrogens with one attached hydrogen (secondary N) is 1. The van der Waals surface area contributed by atoms with Crippen LogP contribution >= 0.6 is 0 Å². The fourth-order valence-corrected chi connectivity index (χ4v) is 2.32. The van der Waals surface area contributed by atoms with E-state index in [2.05, 4.69) is 22.4 Å². The highest BCUT2D eigenvalue weighted by Crippen LogP contribution is 2.17. The van der Waals surface area contributed by atoms with E-state index in [1.807, 2.05) is 6.20 Å². The molecule has 0 spiro atoms. The topological polar surface area (TPSA) is 50.9 Å². The number of hydrogen-bond acceptors (Lipinski definition) is 3. The van der Waals surface area contributed by atoms with Crippen molar-refractivity contribution < 1.29 is 0 Å². The lowest BCUT2D eigenvalue weighted by Gasteiger charge is -2.22. The predicted octanol–water partition coefficient (Wildman–Crippen LogP) is 1.96. The Morgan fingerprint density at radius 1 is 1.31 bits per heavy atom. The van der Waals surface area contributed by atoms with Crippen LogP contribution in [0, 0.1) is 0 Å². The quantitative estimate of drug-likeness (QED) is 0.814. The minimum Gasteiger partial charge on any atom is -0.325 e. The van der Waals surface area contributed by atoms with Crippen LogP contribution in [-0.4, -0.2) is 11.0 Å². The lowest BCUT2D eigenvalue weighted by molar-refractivity contribution is 0.372. The zero-order valence-electron chi connectivity index (χ0n) is 9.78. The van der Waals surface area contributed by atoms with Crippen molar-refractivity contribution in [1.82, 2.24) is 10.3 Å². The van der Waals surface area contributed by atoms with E-state index in [9.17, 15) is 0 Å². The summed E-state index contributed by atoms with van der Waals surface area (Å²) in [5, 5.41) is 3.62. The van der Waals surface area contributed by atoms with Crippen molar-refractivity contribution in [2.45, 2.75) is 51.2 Å². The lowest BCUT2D eigenvalue weighted by Crippen LogP contribution is -2.30. The third-order valence-electron chi connectivity index (χ3n) is 3.29. The summed E-state index contributed by atoms with van der Waals surface area (Å²) in [6.45, 7) is 1.47. The normalized spacial score (nSPS) is 17.6. The smallest absolute Gasteiger partial charge is 0.0542 e. The highest BCUT2D eigenvalue weighted by molar-refractivity contribution is 5.16. The van der Waals surface area contributed by atoms with E-state index in [1.54, 1.807) is 0 Å². The molecule has 0 aromatic carbocycles. The Hall–Kier alpha value is -0.930. The van der Waals surface area contributed by atoms with Crippen LogP contribution in [-0.2, 0) is 13.1 Å². The molecule has 0 aliphatic heterocycles. The molecule has 88 valence electrons. The van der Waals surface area contributed by atoms with Gasteiger partial charge in [0.05, 0.1) is 5.69 Å². The van der Waals surface area contributed by atoms with Crippen LogP contribution in [0.2, 0.25) is 0 Å². The second-order valence-electron chi connectivity index (χ2n) is 4.58. The first kappa shape index (κ1) is 11.6. The summed E-state index contributed by atoms with van der Waals surface area (Å²) in [4.78, 5) is 4.20. The van der Waals surface area contributed by atoms with Crippen LogP contribution in [0.25, 0.3) is 0 Å². The molecule has 3 heteroatoms. The summed E-state index contributed by atoms with van der Waals surface area (Å²) >= 11 is 0. The van der Waals surface area contributed by atoms with Gasteiger partial charge in [0.15, 0.2) is 0 Å². The molecule has 1 aromatic rings. The number of aromatic nitrogens is 1. The fourth-order valence-electron chi connectivity index (χ4n) is 2.32. The minimum absolute atomic E-state index is 0.525. The van der Waals surface area contributed by atoms with Gasteiger partial charge in [-0.05, 0) is 30.5 Å². The van der Waals surface area contributed by atoms with Gasteiger partial charge < -0.3 is 11.1 Å². The largest absolute Gasteiger partial charge is 0.325 e. The Morgan fingerprint density at radius 2 is 2.12 bits per heavy atom. The first-order valence-corrected chi connectivity index (χ1v) is 6.26. The zero-order chi connectivity index (χ0) is 11.2. The maximum Gasteiger partial charge on any atom is 0.0542 e. The van der Waals surface area contributed by atoms with Crippen LogP contribution in [0.15, 0.2) is 18.3 Å². The van der Waals surface area contributed by atoms with Gasteiger partial charge in [-0.25, -0.2) is 0 Å². The number of nitrogens with zero attached hydrogens (tertiary/aromatic N) is 1. The molecule has 0 atom stereocenters. The second-order valence-corrected chi connectivity index (χ2v) is 4.58. The molecule has 3 nitrogen and oxygen atoms in total. The molecular formula is C13H21N3. The van der Waals surface area contributed by atoms with E-state index >= 15 is 0 Å². The van der Waals surface area contributed by atoms with Gasteiger partial charge in [-0.15, -0.1) is 0 Å². The fraction of sp³-hybridized carbons (Fsp3) is 0.615. The van der Waals surface area contributed by atoms with Gasteiger partial charge in [0.2, 0.25) is 0 Å². The van der Waals surface area contributed by atoms with Gasteiger partial charge in [0.1, 0.15) is 0 Å². The molecule has 0 bridgehead atoms. The molecule has 1 aromatic heterocycles. The predicted molar refractivity (Wildman–Crippen MR) is 65.8 cm³/mol. The van der Waals surface area contributed by atoms with E-state index < -0.39 is 0 Å². The third kappa shape index (κ3) is 3.29. The average Bonchev–Trinajstić information content (AvgIpc) is 2.38. The molecule has 1 aliphatic rings. The third-order valence-corrected chi connectivity index (χ3v) is 3.29. The van der Waals surface area contributed by atoms with Crippen molar-refractivity contribution in [3.63, 3.8) is 0 Å². The van der Waals surface area contributed by atoms with Crippen molar-refractivity contribution in [3.05, 3.63) is 29.6 Å². The highest BCUT2D eigenvalue weighted by Gasteiger charge is 2.12. The van der Waals surface area contributed by atoms with Crippen LogP contribution in [0.5, 0.6) is 0 Å². The van der Waals surface area contributed by atoms with E-state index in [0.717, 1.165) is 12.2 Å². The molecule has 0 radical (unpaired) electrons. The molecule has 16 heavy (non-hydrogen) atoms. The van der Waals surface area contributed by atoms with E-state index in [1.165, 1.54) is 37.7 Å². The van der Waals surface area contributed by atoms with Gasteiger partial charge in [0, 0.05) is 25.3 Å². The maximum absolute atomic E-state index is 5.57. The Kier molecular flexibility index (Phi) is 4.31. The van der Waals surface area contributed by atoms with Crippen LogP contribution in [0.3, 0.4) is 0 Å². The number of rotatable bonds is 4. The lowest BCUT2D eigenvalue weighted by atomic mass is 9.95. The Bertz CT molecular complexity index is 319. The Morgan fingerprint density at radius 3 is 2.88 bits per heavy atom. The van der Waals surface area contributed by atoms with Crippen molar-refractivity contribution in [1.29, 1.82) is 0 Å². The summed E-state index contributed by atoms with van der Waals surface area (Å²) < 4.78 is 0. The van der Waals surface area contributed by atoms with Gasteiger partial charge in [-0.2, -0.15) is 0 Å².